The predicted octanol–water partition coefficient (Wildman–Crippen LogP) is 5.21. The number of carbonyl (C=O) groups excluding carboxylic acids is 1. The van der Waals surface area contributed by atoms with Gasteiger partial charge in [0.2, 0.25) is 0 Å². The third-order valence-corrected chi connectivity index (χ3v) is 3.83. The molecule has 3 nitrogen and oxygen atoms in total. The van der Waals surface area contributed by atoms with E-state index in [1.807, 2.05) is 51.1 Å². The van der Waals surface area contributed by atoms with Crippen molar-refractivity contribution in [2.45, 2.75) is 53.6 Å². The lowest BCUT2D eigenvalue weighted by Crippen LogP contribution is -2.00. The van der Waals surface area contributed by atoms with Gasteiger partial charge in [0.25, 0.3) is 0 Å². The summed E-state index contributed by atoms with van der Waals surface area (Å²) in [6, 6.07) is 14.4. The molecule has 0 spiro atoms. The van der Waals surface area contributed by atoms with Crippen molar-refractivity contribution in [3.63, 3.8) is 0 Å². The molecule has 0 heterocycles. The van der Waals surface area contributed by atoms with Crippen LogP contribution in [-0.2, 0) is 4.74 Å². The van der Waals surface area contributed by atoms with Crippen LogP contribution < -0.4 is 0 Å². The zero-order chi connectivity index (χ0) is 20.1. The lowest BCUT2D eigenvalue weighted by Gasteiger charge is -2.07. The Labute approximate surface area is 159 Å². The second kappa shape index (κ2) is 13.3. The summed E-state index contributed by atoms with van der Waals surface area (Å²) in [5.41, 5.74) is 5.58. The van der Waals surface area contributed by atoms with E-state index in [4.69, 9.17) is 9.84 Å². The second-order valence-corrected chi connectivity index (χ2v) is 6.42. The Morgan fingerprint density at radius 3 is 1.62 bits per heavy atom. The maximum atomic E-state index is 11.2. The first-order valence-corrected chi connectivity index (χ1v) is 8.93. The van der Waals surface area contributed by atoms with Gasteiger partial charge in [-0.25, -0.2) is 0 Å². The van der Waals surface area contributed by atoms with Crippen molar-refractivity contribution < 1.29 is 14.6 Å². The monoisotopic (exact) mass is 358 g/mol. The number of ketones is 1. The summed E-state index contributed by atoms with van der Waals surface area (Å²) in [7, 11) is 2.76. The quantitative estimate of drug-likeness (QED) is 0.749. The Kier molecular flexibility index (Phi) is 12.3. The van der Waals surface area contributed by atoms with Crippen LogP contribution in [0.2, 0.25) is 0 Å². The van der Waals surface area contributed by atoms with E-state index in [0.717, 1.165) is 23.8 Å². The SMILES string of the molecule is CC(=O)c1c(C)cc(C)cc1C.CO.COC1CC1.Cc1ccccc1. The van der Waals surface area contributed by atoms with E-state index >= 15 is 0 Å². The topological polar surface area (TPSA) is 46.5 Å². The number of rotatable bonds is 2. The highest BCUT2D eigenvalue weighted by Gasteiger charge is 2.19. The Morgan fingerprint density at radius 2 is 1.38 bits per heavy atom. The minimum absolute atomic E-state index is 0.157. The number of carbonyl (C=O) groups is 1. The fourth-order valence-electron chi connectivity index (χ4n) is 2.57. The molecule has 2 aromatic rings. The average Bonchev–Trinajstić information content (AvgIpc) is 3.41. The van der Waals surface area contributed by atoms with Crippen LogP contribution in [0.25, 0.3) is 0 Å². The van der Waals surface area contributed by atoms with Gasteiger partial charge in [-0.05, 0) is 58.6 Å². The molecule has 0 bridgehead atoms. The van der Waals surface area contributed by atoms with Gasteiger partial charge >= 0.3 is 0 Å². The van der Waals surface area contributed by atoms with E-state index in [-0.39, 0.29) is 5.78 Å². The number of aryl methyl sites for hydroxylation is 4. The summed E-state index contributed by atoms with van der Waals surface area (Å²) in [4.78, 5) is 11.2. The number of ether oxygens (including phenoxy) is 1. The molecule has 3 rings (SSSR count). The molecule has 0 aromatic heterocycles. The molecule has 1 N–H and O–H groups in total. The summed E-state index contributed by atoms with van der Waals surface area (Å²) in [5.74, 6) is 0.157. The Bertz CT molecular complexity index is 621. The molecule has 0 radical (unpaired) electrons. The van der Waals surface area contributed by atoms with Crippen molar-refractivity contribution >= 4 is 5.78 Å². The second-order valence-electron chi connectivity index (χ2n) is 6.42. The van der Waals surface area contributed by atoms with Crippen molar-refractivity contribution in [2.75, 3.05) is 14.2 Å². The summed E-state index contributed by atoms with van der Waals surface area (Å²) >= 11 is 0. The van der Waals surface area contributed by atoms with Crippen molar-refractivity contribution in [3.8, 4) is 0 Å². The molecule has 0 atom stereocenters. The first-order chi connectivity index (χ1) is 12.3. The molecule has 0 aliphatic heterocycles. The summed E-state index contributed by atoms with van der Waals surface area (Å²) < 4.78 is 4.86. The molecule has 0 unspecified atom stereocenters. The number of aliphatic hydroxyl groups excluding tert-OH is 1. The molecule has 0 saturated heterocycles. The summed E-state index contributed by atoms with van der Waals surface area (Å²) in [6.07, 6.45) is 3.21. The molecular formula is C23H34O3. The van der Waals surface area contributed by atoms with Gasteiger partial charge in [0, 0.05) is 19.8 Å². The predicted molar refractivity (Wildman–Crippen MR) is 110 cm³/mol. The lowest BCUT2D eigenvalue weighted by atomic mass is 9.97. The summed E-state index contributed by atoms with van der Waals surface area (Å²) in [5, 5.41) is 7.00. The highest BCUT2D eigenvalue weighted by Crippen LogP contribution is 2.21. The van der Waals surface area contributed by atoms with Crippen molar-refractivity contribution in [3.05, 3.63) is 70.3 Å². The summed E-state index contributed by atoms with van der Waals surface area (Å²) in [6.45, 7) is 9.71. The molecule has 0 amide bonds. The molecular weight excluding hydrogens is 324 g/mol. The molecule has 1 fully saturated rings. The highest BCUT2D eigenvalue weighted by molar-refractivity contribution is 5.97. The van der Waals surface area contributed by atoms with Crippen LogP contribution in [0.5, 0.6) is 0 Å². The first kappa shape index (κ1) is 24.0. The van der Waals surface area contributed by atoms with Gasteiger partial charge < -0.3 is 9.84 Å². The Hall–Kier alpha value is -1.97. The van der Waals surface area contributed by atoms with Crippen LogP contribution in [-0.4, -0.2) is 31.2 Å². The van der Waals surface area contributed by atoms with Gasteiger partial charge in [-0.1, -0.05) is 53.6 Å². The Morgan fingerprint density at radius 1 is 0.923 bits per heavy atom. The van der Waals surface area contributed by atoms with E-state index in [1.54, 1.807) is 14.0 Å². The van der Waals surface area contributed by atoms with Crippen LogP contribution in [0.4, 0.5) is 0 Å². The smallest absolute Gasteiger partial charge is 0.160 e. The normalized spacial score (nSPS) is 11.7. The maximum Gasteiger partial charge on any atom is 0.160 e. The van der Waals surface area contributed by atoms with Gasteiger partial charge in [0.1, 0.15) is 0 Å². The molecule has 144 valence electrons. The van der Waals surface area contributed by atoms with E-state index < -0.39 is 0 Å². The minimum atomic E-state index is 0.157. The average molecular weight is 359 g/mol. The van der Waals surface area contributed by atoms with Crippen LogP contribution in [0.1, 0.15) is 52.4 Å². The minimum Gasteiger partial charge on any atom is -0.400 e. The zero-order valence-electron chi connectivity index (χ0n) is 17.3. The van der Waals surface area contributed by atoms with E-state index in [9.17, 15) is 4.79 Å². The number of aliphatic hydroxyl groups is 1. The number of hydrogen-bond donors (Lipinski definition) is 1. The first-order valence-electron chi connectivity index (χ1n) is 8.93. The maximum absolute atomic E-state index is 11.2. The van der Waals surface area contributed by atoms with Gasteiger partial charge in [-0.2, -0.15) is 0 Å². The number of hydrogen-bond acceptors (Lipinski definition) is 3. The standard InChI is InChI=1S/C11H14O.C7H8.C4H8O.CH4O/c1-7-5-8(2)11(10(4)12)9(3)6-7;1-7-5-3-2-4-6-7;1-5-4-2-3-4;1-2/h5-6H,1-4H3;2-6H,1H3;4H,2-3H2,1H3;2H,1H3. The molecule has 1 aliphatic rings. The van der Waals surface area contributed by atoms with E-state index in [1.165, 1.54) is 24.0 Å². The molecule has 1 saturated carbocycles. The van der Waals surface area contributed by atoms with Crippen LogP contribution >= 0.6 is 0 Å². The van der Waals surface area contributed by atoms with Gasteiger partial charge in [0.15, 0.2) is 5.78 Å². The van der Waals surface area contributed by atoms with Gasteiger partial charge in [-0.15, -0.1) is 0 Å². The van der Waals surface area contributed by atoms with Crippen LogP contribution in [0, 0.1) is 27.7 Å². The van der Waals surface area contributed by atoms with Crippen molar-refractivity contribution in [1.29, 1.82) is 0 Å². The third kappa shape index (κ3) is 10.1. The highest BCUT2D eigenvalue weighted by atomic mass is 16.5. The van der Waals surface area contributed by atoms with E-state index in [0.29, 0.717) is 6.10 Å². The van der Waals surface area contributed by atoms with Crippen molar-refractivity contribution in [2.24, 2.45) is 0 Å². The molecule has 3 heteroatoms. The fraction of sp³-hybridized carbons (Fsp3) is 0.435. The Balaban J connectivity index is 0.000000376. The lowest BCUT2D eigenvalue weighted by molar-refractivity contribution is 0.101. The van der Waals surface area contributed by atoms with E-state index in [2.05, 4.69) is 19.1 Å². The molecule has 1 aliphatic carbocycles. The third-order valence-electron chi connectivity index (χ3n) is 3.83. The van der Waals surface area contributed by atoms with Gasteiger partial charge in [-0.3, -0.25) is 4.79 Å². The van der Waals surface area contributed by atoms with Crippen molar-refractivity contribution in [1.82, 2.24) is 0 Å². The van der Waals surface area contributed by atoms with Gasteiger partial charge in [0.05, 0.1) is 6.10 Å². The number of methoxy groups -OCH3 is 1. The van der Waals surface area contributed by atoms with Crippen LogP contribution in [0.3, 0.4) is 0 Å². The molecule has 2 aromatic carbocycles. The molecule has 26 heavy (non-hydrogen) atoms. The number of Topliss-reactive ketones (excluding diaryl/α,β-unsaturated/α-hetero) is 1. The van der Waals surface area contributed by atoms with Crippen LogP contribution in [0.15, 0.2) is 42.5 Å². The fourth-order valence-corrected chi connectivity index (χ4v) is 2.57. The largest absolute Gasteiger partial charge is 0.400 e. The number of benzene rings is 2. The zero-order valence-corrected chi connectivity index (χ0v) is 17.3.